The highest BCUT2D eigenvalue weighted by Crippen LogP contribution is 2.20. The van der Waals surface area contributed by atoms with E-state index in [9.17, 15) is 0 Å². The zero-order chi connectivity index (χ0) is 10.8. The molecule has 0 aliphatic carbocycles. The lowest BCUT2D eigenvalue weighted by atomic mass is 10.0. The van der Waals surface area contributed by atoms with Gasteiger partial charge in [0.15, 0.2) is 0 Å². The number of anilines is 1. The average molecular weight is 192 g/mol. The van der Waals surface area contributed by atoms with E-state index in [0.29, 0.717) is 6.54 Å². The maximum atomic E-state index is 5.68. The number of hydrogen-bond acceptors (Lipinski definition) is 2. The fourth-order valence-corrected chi connectivity index (χ4v) is 1.39. The minimum absolute atomic E-state index is 0.0811. The highest BCUT2D eigenvalue weighted by Gasteiger charge is 2.11. The van der Waals surface area contributed by atoms with E-state index >= 15 is 0 Å². The van der Waals surface area contributed by atoms with Crippen LogP contribution in [0.1, 0.15) is 31.9 Å². The summed E-state index contributed by atoms with van der Waals surface area (Å²) >= 11 is 0. The van der Waals surface area contributed by atoms with Crippen molar-refractivity contribution in [2.45, 2.75) is 39.8 Å². The van der Waals surface area contributed by atoms with Crippen LogP contribution in [0, 0.1) is 6.92 Å². The van der Waals surface area contributed by atoms with E-state index in [2.05, 4.69) is 51.2 Å². The molecule has 0 fully saturated rings. The Morgan fingerprint density at radius 2 is 1.93 bits per heavy atom. The Morgan fingerprint density at radius 1 is 1.29 bits per heavy atom. The summed E-state index contributed by atoms with van der Waals surface area (Å²) in [6.07, 6.45) is 0. The first-order valence-electron chi connectivity index (χ1n) is 5.00. The van der Waals surface area contributed by atoms with Crippen molar-refractivity contribution in [2.75, 3.05) is 5.32 Å². The SMILES string of the molecule is Cc1ccc(CN)c(NC(C)(C)C)c1. The van der Waals surface area contributed by atoms with E-state index < -0.39 is 0 Å². The smallest absolute Gasteiger partial charge is 0.0392 e. The molecule has 0 radical (unpaired) electrons. The molecule has 78 valence electrons. The number of nitrogens with two attached hydrogens (primary N) is 1. The molecule has 1 rings (SSSR count). The first-order chi connectivity index (χ1) is 6.42. The minimum atomic E-state index is 0.0811. The molecule has 0 aliphatic heterocycles. The van der Waals surface area contributed by atoms with Gasteiger partial charge in [0.1, 0.15) is 0 Å². The zero-order valence-corrected chi connectivity index (χ0v) is 9.52. The van der Waals surface area contributed by atoms with Crippen molar-refractivity contribution in [3.05, 3.63) is 29.3 Å². The topological polar surface area (TPSA) is 38.0 Å². The van der Waals surface area contributed by atoms with E-state index in [4.69, 9.17) is 5.73 Å². The van der Waals surface area contributed by atoms with Gasteiger partial charge >= 0.3 is 0 Å². The third-order valence-corrected chi connectivity index (χ3v) is 1.99. The summed E-state index contributed by atoms with van der Waals surface area (Å²) < 4.78 is 0. The first-order valence-corrected chi connectivity index (χ1v) is 5.00. The average Bonchev–Trinajstić information content (AvgIpc) is 2.01. The Labute approximate surface area is 86.5 Å². The summed E-state index contributed by atoms with van der Waals surface area (Å²) in [7, 11) is 0. The van der Waals surface area contributed by atoms with Crippen LogP contribution in [0.3, 0.4) is 0 Å². The summed E-state index contributed by atoms with van der Waals surface area (Å²) in [6, 6.07) is 6.33. The molecule has 0 saturated heterocycles. The largest absolute Gasteiger partial charge is 0.380 e. The van der Waals surface area contributed by atoms with Gasteiger partial charge < -0.3 is 11.1 Å². The first kappa shape index (κ1) is 11.1. The standard InChI is InChI=1S/C12H20N2/c1-9-5-6-10(8-13)11(7-9)14-12(2,3)4/h5-7,14H,8,13H2,1-4H3. The van der Waals surface area contributed by atoms with Gasteiger partial charge in [-0.15, -0.1) is 0 Å². The van der Waals surface area contributed by atoms with Crippen molar-refractivity contribution in [3.63, 3.8) is 0 Å². The molecular weight excluding hydrogens is 172 g/mol. The molecule has 0 bridgehead atoms. The van der Waals surface area contributed by atoms with Crippen LogP contribution >= 0.6 is 0 Å². The normalized spacial score (nSPS) is 11.5. The van der Waals surface area contributed by atoms with Crippen LogP contribution in [-0.4, -0.2) is 5.54 Å². The van der Waals surface area contributed by atoms with Crippen LogP contribution in [-0.2, 0) is 6.54 Å². The third kappa shape index (κ3) is 3.04. The molecule has 14 heavy (non-hydrogen) atoms. The van der Waals surface area contributed by atoms with Gasteiger partial charge in [0, 0.05) is 17.8 Å². The lowest BCUT2D eigenvalue weighted by molar-refractivity contribution is 0.632. The number of nitrogens with one attached hydrogen (secondary N) is 1. The predicted molar refractivity (Wildman–Crippen MR) is 62.4 cm³/mol. The fraction of sp³-hybridized carbons (Fsp3) is 0.500. The second-order valence-electron chi connectivity index (χ2n) is 4.74. The van der Waals surface area contributed by atoms with Gasteiger partial charge in [-0.1, -0.05) is 12.1 Å². The molecule has 0 aromatic heterocycles. The van der Waals surface area contributed by atoms with Crippen LogP contribution < -0.4 is 11.1 Å². The second-order valence-corrected chi connectivity index (χ2v) is 4.74. The van der Waals surface area contributed by atoms with Crippen LogP contribution in [0.15, 0.2) is 18.2 Å². The van der Waals surface area contributed by atoms with Crippen LogP contribution in [0.5, 0.6) is 0 Å². The van der Waals surface area contributed by atoms with E-state index in [1.54, 1.807) is 0 Å². The molecule has 0 unspecified atom stereocenters. The maximum Gasteiger partial charge on any atom is 0.0392 e. The molecule has 0 spiro atoms. The molecule has 2 heteroatoms. The fourth-order valence-electron chi connectivity index (χ4n) is 1.39. The highest BCUT2D eigenvalue weighted by atomic mass is 15.0. The van der Waals surface area contributed by atoms with Crippen molar-refractivity contribution in [1.82, 2.24) is 0 Å². The summed E-state index contributed by atoms with van der Waals surface area (Å²) in [4.78, 5) is 0. The third-order valence-electron chi connectivity index (χ3n) is 1.99. The van der Waals surface area contributed by atoms with Crippen molar-refractivity contribution in [2.24, 2.45) is 5.73 Å². The van der Waals surface area contributed by atoms with Gasteiger partial charge in [0.25, 0.3) is 0 Å². The number of benzene rings is 1. The van der Waals surface area contributed by atoms with Gasteiger partial charge in [-0.2, -0.15) is 0 Å². The Bertz CT molecular complexity index is 311. The number of aryl methyl sites for hydroxylation is 1. The molecule has 0 aliphatic rings. The van der Waals surface area contributed by atoms with Gasteiger partial charge in [0.05, 0.1) is 0 Å². The summed E-state index contributed by atoms with van der Waals surface area (Å²) in [5.41, 5.74) is 9.34. The Kier molecular flexibility index (Phi) is 3.17. The molecule has 1 aromatic carbocycles. The number of hydrogen-bond donors (Lipinski definition) is 2. The van der Waals surface area contributed by atoms with Crippen LogP contribution in [0.2, 0.25) is 0 Å². The Hall–Kier alpha value is -1.02. The number of rotatable bonds is 2. The molecular formula is C12H20N2. The van der Waals surface area contributed by atoms with E-state index in [-0.39, 0.29) is 5.54 Å². The van der Waals surface area contributed by atoms with Crippen LogP contribution in [0.25, 0.3) is 0 Å². The van der Waals surface area contributed by atoms with E-state index in [0.717, 1.165) is 5.69 Å². The molecule has 2 nitrogen and oxygen atoms in total. The zero-order valence-electron chi connectivity index (χ0n) is 9.52. The van der Waals surface area contributed by atoms with Crippen LogP contribution in [0.4, 0.5) is 5.69 Å². The quantitative estimate of drug-likeness (QED) is 0.756. The molecule has 0 amide bonds. The van der Waals surface area contributed by atoms with Gasteiger partial charge in [-0.3, -0.25) is 0 Å². The molecule has 0 heterocycles. The van der Waals surface area contributed by atoms with E-state index in [1.165, 1.54) is 11.1 Å². The van der Waals surface area contributed by atoms with Crippen molar-refractivity contribution < 1.29 is 0 Å². The molecule has 3 N–H and O–H groups in total. The summed E-state index contributed by atoms with van der Waals surface area (Å²) in [5.74, 6) is 0. The van der Waals surface area contributed by atoms with E-state index in [1.807, 2.05) is 0 Å². The minimum Gasteiger partial charge on any atom is -0.380 e. The lowest BCUT2D eigenvalue weighted by Gasteiger charge is -2.24. The summed E-state index contributed by atoms with van der Waals surface area (Å²) in [5, 5.41) is 3.46. The predicted octanol–water partition coefficient (Wildman–Crippen LogP) is 2.66. The molecule has 0 atom stereocenters. The van der Waals surface area contributed by atoms with Crippen molar-refractivity contribution in [3.8, 4) is 0 Å². The van der Waals surface area contributed by atoms with Gasteiger partial charge in [-0.05, 0) is 44.9 Å². The molecule has 0 saturated carbocycles. The lowest BCUT2D eigenvalue weighted by Crippen LogP contribution is -2.27. The monoisotopic (exact) mass is 192 g/mol. The van der Waals surface area contributed by atoms with Gasteiger partial charge in [-0.25, -0.2) is 0 Å². The summed E-state index contributed by atoms with van der Waals surface area (Å²) in [6.45, 7) is 9.12. The Morgan fingerprint density at radius 3 is 2.43 bits per heavy atom. The Balaban J connectivity index is 2.99. The maximum absolute atomic E-state index is 5.68. The molecule has 1 aromatic rings. The van der Waals surface area contributed by atoms with Crippen molar-refractivity contribution >= 4 is 5.69 Å². The van der Waals surface area contributed by atoms with Crippen molar-refractivity contribution in [1.29, 1.82) is 0 Å². The second kappa shape index (κ2) is 4.01. The highest BCUT2D eigenvalue weighted by molar-refractivity contribution is 5.54. The van der Waals surface area contributed by atoms with Gasteiger partial charge in [0.2, 0.25) is 0 Å².